The highest BCUT2D eigenvalue weighted by Crippen LogP contribution is 2.27. The molecule has 0 N–H and O–H groups in total. The molecular formula is C16H11ClN4O2S. The van der Waals surface area contributed by atoms with Gasteiger partial charge in [-0.05, 0) is 43.0 Å². The first kappa shape index (κ1) is 16.4. The van der Waals surface area contributed by atoms with Crippen LogP contribution in [0.15, 0.2) is 58.8 Å². The van der Waals surface area contributed by atoms with Gasteiger partial charge >= 0.3 is 0 Å². The van der Waals surface area contributed by atoms with Gasteiger partial charge < -0.3 is 0 Å². The second-order valence-electron chi connectivity index (χ2n) is 4.90. The molecule has 0 aliphatic heterocycles. The molecule has 0 aliphatic carbocycles. The van der Waals surface area contributed by atoms with Gasteiger partial charge in [0.1, 0.15) is 11.2 Å². The van der Waals surface area contributed by atoms with Gasteiger partial charge in [0.05, 0.1) is 10.6 Å². The van der Waals surface area contributed by atoms with Crippen LogP contribution in [0, 0.1) is 17.0 Å². The zero-order chi connectivity index (χ0) is 17.1. The van der Waals surface area contributed by atoms with Crippen LogP contribution in [0.5, 0.6) is 0 Å². The predicted octanol–water partition coefficient (Wildman–Crippen LogP) is 4.56. The molecule has 0 spiro atoms. The number of hydrogen-bond acceptors (Lipinski definition) is 6. The van der Waals surface area contributed by atoms with Crippen LogP contribution >= 0.6 is 23.4 Å². The minimum absolute atomic E-state index is 0.0497. The molecule has 0 unspecified atom stereocenters. The Hall–Kier alpha value is -2.51. The quantitative estimate of drug-likeness (QED) is 0.386. The van der Waals surface area contributed by atoms with Crippen LogP contribution < -0.4 is 0 Å². The smallest absolute Gasteiger partial charge is 0.258 e. The Labute approximate surface area is 147 Å². The molecule has 2 heterocycles. The van der Waals surface area contributed by atoms with Crippen molar-refractivity contribution in [3.05, 3.63) is 69.5 Å². The molecule has 0 saturated heterocycles. The maximum absolute atomic E-state index is 10.7. The van der Waals surface area contributed by atoms with E-state index in [2.05, 4.69) is 15.0 Å². The third kappa shape index (κ3) is 3.87. The summed E-state index contributed by atoms with van der Waals surface area (Å²) in [6.45, 7) is 1.88. The third-order valence-corrected chi connectivity index (χ3v) is 4.17. The summed E-state index contributed by atoms with van der Waals surface area (Å²) in [7, 11) is 0. The Morgan fingerprint density at radius 1 is 1.12 bits per heavy atom. The van der Waals surface area contributed by atoms with Crippen molar-refractivity contribution < 1.29 is 4.92 Å². The molecule has 120 valence electrons. The summed E-state index contributed by atoms with van der Waals surface area (Å²) < 4.78 is 0. The van der Waals surface area contributed by atoms with Crippen molar-refractivity contribution >= 4 is 29.1 Å². The number of nitro groups is 1. The van der Waals surface area contributed by atoms with E-state index in [0.29, 0.717) is 15.2 Å². The summed E-state index contributed by atoms with van der Waals surface area (Å²) in [5, 5.41) is 12.4. The van der Waals surface area contributed by atoms with E-state index >= 15 is 0 Å². The second kappa shape index (κ2) is 6.94. The van der Waals surface area contributed by atoms with Gasteiger partial charge in [-0.3, -0.25) is 10.1 Å². The third-order valence-electron chi connectivity index (χ3n) is 3.10. The zero-order valence-corrected chi connectivity index (χ0v) is 14.1. The van der Waals surface area contributed by atoms with E-state index in [9.17, 15) is 10.1 Å². The average Bonchev–Trinajstić information content (AvgIpc) is 2.55. The largest absolute Gasteiger partial charge is 0.287 e. The Morgan fingerprint density at radius 2 is 1.88 bits per heavy atom. The first-order valence-corrected chi connectivity index (χ1v) is 8.10. The second-order valence-corrected chi connectivity index (χ2v) is 6.32. The fourth-order valence-electron chi connectivity index (χ4n) is 1.99. The van der Waals surface area contributed by atoms with Gasteiger partial charge in [0, 0.05) is 22.3 Å². The van der Waals surface area contributed by atoms with Crippen LogP contribution in [0.3, 0.4) is 0 Å². The van der Waals surface area contributed by atoms with E-state index in [-0.39, 0.29) is 5.69 Å². The first-order chi connectivity index (χ1) is 11.5. The summed E-state index contributed by atoms with van der Waals surface area (Å²) >= 11 is 7.16. The molecule has 0 saturated carbocycles. The lowest BCUT2D eigenvalue weighted by atomic mass is 10.1. The van der Waals surface area contributed by atoms with Crippen LogP contribution in [0.2, 0.25) is 5.02 Å². The predicted molar refractivity (Wildman–Crippen MR) is 92.2 cm³/mol. The Bertz CT molecular complexity index is 886. The number of aryl methyl sites for hydroxylation is 1. The van der Waals surface area contributed by atoms with E-state index in [4.69, 9.17) is 11.6 Å². The van der Waals surface area contributed by atoms with Crippen LogP contribution in [0.25, 0.3) is 11.3 Å². The maximum atomic E-state index is 10.7. The van der Waals surface area contributed by atoms with Crippen molar-refractivity contribution in [3.8, 4) is 11.3 Å². The van der Waals surface area contributed by atoms with Crippen molar-refractivity contribution in [1.82, 2.24) is 15.0 Å². The number of pyridine rings is 1. The maximum Gasteiger partial charge on any atom is 0.287 e. The zero-order valence-electron chi connectivity index (χ0n) is 12.5. The minimum Gasteiger partial charge on any atom is -0.258 e. The summed E-state index contributed by atoms with van der Waals surface area (Å²) in [6.07, 6.45) is 1.22. The fourth-order valence-corrected chi connectivity index (χ4v) is 2.88. The van der Waals surface area contributed by atoms with Crippen LogP contribution in [-0.2, 0) is 0 Å². The summed E-state index contributed by atoms with van der Waals surface area (Å²) in [6, 6.07) is 12.3. The molecule has 6 nitrogen and oxygen atoms in total. The van der Waals surface area contributed by atoms with E-state index in [1.54, 1.807) is 18.2 Å². The molecule has 0 fully saturated rings. The van der Waals surface area contributed by atoms with Crippen molar-refractivity contribution in [2.24, 2.45) is 0 Å². The first-order valence-electron chi connectivity index (χ1n) is 6.91. The molecule has 2 aromatic heterocycles. The molecule has 0 bridgehead atoms. The topological polar surface area (TPSA) is 81.8 Å². The van der Waals surface area contributed by atoms with Crippen LogP contribution in [-0.4, -0.2) is 19.9 Å². The number of rotatable bonds is 4. The highest BCUT2D eigenvalue weighted by molar-refractivity contribution is 7.99. The van der Waals surface area contributed by atoms with Gasteiger partial charge in [0.15, 0.2) is 5.16 Å². The number of aromatic nitrogens is 3. The minimum atomic E-state index is -0.483. The number of halogens is 1. The molecule has 3 rings (SSSR count). The van der Waals surface area contributed by atoms with E-state index in [1.807, 2.05) is 25.1 Å². The lowest BCUT2D eigenvalue weighted by molar-refractivity contribution is -0.385. The van der Waals surface area contributed by atoms with Crippen molar-refractivity contribution in [1.29, 1.82) is 0 Å². The summed E-state index contributed by atoms with van der Waals surface area (Å²) in [5.41, 5.74) is 2.48. The van der Waals surface area contributed by atoms with Crippen molar-refractivity contribution in [3.63, 3.8) is 0 Å². The molecule has 8 heteroatoms. The van der Waals surface area contributed by atoms with Gasteiger partial charge in [-0.15, -0.1) is 0 Å². The highest BCUT2D eigenvalue weighted by Gasteiger charge is 2.10. The average molecular weight is 359 g/mol. The van der Waals surface area contributed by atoms with Gasteiger partial charge in [-0.1, -0.05) is 23.7 Å². The van der Waals surface area contributed by atoms with Gasteiger partial charge in [-0.2, -0.15) is 0 Å². The normalized spacial score (nSPS) is 10.6. The molecule has 1 aromatic carbocycles. The molecule has 0 atom stereocenters. The van der Waals surface area contributed by atoms with E-state index in [0.717, 1.165) is 17.0 Å². The Kier molecular flexibility index (Phi) is 4.73. The molecular weight excluding hydrogens is 348 g/mol. The van der Waals surface area contributed by atoms with Crippen molar-refractivity contribution in [2.75, 3.05) is 0 Å². The van der Waals surface area contributed by atoms with Gasteiger partial charge in [-0.25, -0.2) is 15.0 Å². The van der Waals surface area contributed by atoms with Crippen LogP contribution in [0.1, 0.15) is 5.69 Å². The summed E-state index contributed by atoms with van der Waals surface area (Å²) in [4.78, 5) is 23.1. The number of hydrogen-bond donors (Lipinski definition) is 0. The van der Waals surface area contributed by atoms with E-state index < -0.39 is 4.92 Å². The molecule has 0 radical (unpaired) electrons. The Morgan fingerprint density at radius 3 is 2.50 bits per heavy atom. The highest BCUT2D eigenvalue weighted by atomic mass is 35.5. The molecule has 24 heavy (non-hydrogen) atoms. The molecule has 0 aliphatic rings. The van der Waals surface area contributed by atoms with Crippen molar-refractivity contribution in [2.45, 2.75) is 17.1 Å². The number of benzene rings is 1. The standard InChI is InChI=1S/C16H11ClN4O2S/c1-10-8-14(11-2-4-12(17)5-3-11)20-16(19-10)24-15-7-6-13(9-18-15)21(22)23/h2-9H,1H3. The van der Waals surface area contributed by atoms with Gasteiger partial charge in [0.2, 0.25) is 0 Å². The lowest BCUT2D eigenvalue weighted by Crippen LogP contribution is -1.94. The monoisotopic (exact) mass is 358 g/mol. The molecule has 0 amide bonds. The Balaban J connectivity index is 1.88. The van der Waals surface area contributed by atoms with E-state index in [1.165, 1.54) is 24.0 Å². The van der Waals surface area contributed by atoms with Gasteiger partial charge in [0.25, 0.3) is 5.69 Å². The fraction of sp³-hybridized carbons (Fsp3) is 0.0625. The number of nitrogens with zero attached hydrogens (tertiary/aromatic N) is 4. The van der Waals surface area contributed by atoms with Crippen LogP contribution in [0.4, 0.5) is 5.69 Å². The molecule has 3 aromatic rings. The lowest BCUT2D eigenvalue weighted by Gasteiger charge is -2.06. The SMILES string of the molecule is Cc1cc(-c2ccc(Cl)cc2)nc(Sc2ccc([N+](=O)[O-])cn2)n1. The summed E-state index contributed by atoms with van der Waals surface area (Å²) in [5.74, 6) is 0.